The van der Waals surface area contributed by atoms with E-state index in [1.165, 1.54) is 19.3 Å². The molecule has 19 heavy (non-hydrogen) atoms. The molecule has 4 nitrogen and oxygen atoms in total. The Kier molecular flexibility index (Phi) is 5.63. The average Bonchev–Trinajstić information content (AvgIpc) is 2.52. The van der Waals surface area contributed by atoms with Gasteiger partial charge in [0.1, 0.15) is 0 Å². The Morgan fingerprint density at radius 2 is 1.63 bits per heavy atom. The number of hydrogen-bond donors (Lipinski definition) is 1. The minimum Gasteiger partial charge on any atom is -0.390 e. The van der Waals surface area contributed by atoms with Crippen molar-refractivity contribution in [3.63, 3.8) is 0 Å². The molecule has 0 amide bonds. The van der Waals surface area contributed by atoms with Crippen molar-refractivity contribution in [1.29, 1.82) is 0 Å². The van der Waals surface area contributed by atoms with Crippen molar-refractivity contribution in [2.45, 2.75) is 39.2 Å². The summed E-state index contributed by atoms with van der Waals surface area (Å²) in [5.74, 6) is 0. The molecule has 112 valence electrons. The van der Waals surface area contributed by atoms with E-state index in [1.54, 1.807) is 0 Å². The number of nitrogens with zero attached hydrogens (tertiary/aromatic N) is 2. The minimum absolute atomic E-state index is 0.223. The Balaban J connectivity index is 1.70. The van der Waals surface area contributed by atoms with Gasteiger partial charge < -0.3 is 14.7 Å². The van der Waals surface area contributed by atoms with Crippen LogP contribution < -0.4 is 0 Å². The topological polar surface area (TPSA) is 35.9 Å². The first-order chi connectivity index (χ1) is 9.05. The molecule has 2 heterocycles. The number of hydrogen-bond acceptors (Lipinski definition) is 4. The molecule has 4 heteroatoms. The molecule has 2 aliphatic heterocycles. The number of morpholine rings is 1. The van der Waals surface area contributed by atoms with E-state index >= 15 is 0 Å². The molecule has 0 aromatic heterocycles. The van der Waals surface area contributed by atoms with Gasteiger partial charge >= 0.3 is 0 Å². The highest BCUT2D eigenvalue weighted by atomic mass is 16.5. The van der Waals surface area contributed by atoms with Crippen LogP contribution in [0.1, 0.15) is 33.1 Å². The van der Waals surface area contributed by atoms with Gasteiger partial charge in [-0.15, -0.1) is 0 Å². The number of likely N-dealkylation sites (tertiary alicyclic amines) is 1. The number of aliphatic hydroxyl groups is 1. The van der Waals surface area contributed by atoms with Crippen LogP contribution in [0.2, 0.25) is 0 Å². The van der Waals surface area contributed by atoms with Crippen molar-refractivity contribution in [3.8, 4) is 0 Å². The maximum absolute atomic E-state index is 10.3. The highest BCUT2D eigenvalue weighted by Crippen LogP contribution is 2.29. The third-order valence-electron chi connectivity index (χ3n) is 4.47. The molecule has 0 bridgehead atoms. The van der Waals surface area contributed by atoms with Crippen LogP contribution in [0.3, 0.4) is 0 Å². The van der Waals surface area contributed by atoms with Gasteiger partial charge in [0.25, 0.3) is 0 Å². The summed E-state index contributed by atoms with van der Waals surface area (Å²) in [6.45, 7) is 12.2. The number of aliphatic hydroxyl groups excluding tert-OH is 1. The monoisotopic (exact) mass is 270 g/mol. The van der Waals surface area contributed by atoms with Gasteiger partial charge in [-0.3, -0.25) is 4.90 Å². The molecule has 0 spiro atoms. The smallest absolute Gasteiger partial charge is 0.0793 e. The molecule has 2 rings (SSSR count). The lowest BCUT2D eigenvalue weighted by molar-refractivity contribution is 0.00700. The van der Waals surface area contributed by atoms with E-state index in [0.717, 1.165) is 52.5 Å². The van der Waals surface area contributed by atoms with Gasteiger partial charge in [0.15, 0.2) is 0 Å². The summed E-state index contributed by atoms with van der Waals surface area (Å²) in [5, 5.41) is 10.3. The molecule has 1 unspecified atom stereocenters. The maximum Gasteiger partial charge on any atom is 0.0793 e. The summed E-state index contributed by atoms with van der Waals surface area (Å²) in [4.78, 5) is 4.76. The fourth-order valence-electron chi connectivity index (χ4n) is 3.10. The van der Waals surface area contributed by atoms with Gasteiger partial charge in [-0.2, -0.15) is 0 Å². The molecule has 2 saturated heterocycles. The van der Waals surface area contributed by atoms with E-state index < -0.39 is 0 Å². The maximum atomic E-state index is 10.3. The van der Waals surface area contributed by atoms with Crippen molar-refractivity contribution >= 4 is 0 Å². The van der Waals surface area contributed by atoms with E-state index in [0.29, 0.717) is 5.41 Å². The van der Waals surface area contributed by atoms with Gasteiger partial charge in [-0.05, 0) is 37.8 Å². The minimum atomic E-state index is -0.223. The normalized spacial score (nSPS) is 27.9. The zero-order chi connectivity index (χ0) is 13.7. The standard InChI is InChI=1S/C15H30N2O2/c1-15(2)4-3-6-16(7-5-15)12-14(18)13-17-8-10-19-11-9-17/h14,18H,3-13H2,1-2H3. The molecular formula is C15H30N2O2. The van der Waals surface area contributed by atoms with Crippen LogP contribution >= 0.6 is 0 Å². The Bertz CT molecular complexity index is 265. The lowest BCUT2D eigenvalue weighted by atomic mass is 9.85. The predicted molar refractivity (Wildman–Crippen MR) is 77.3 cm³/mol. The van der Waals surface area contributed by atoms with Gasteiger partial charge in [-0.1, -0.05) is 13.8 Å². The van der Waals surface area contributed by atoms with Crippen molar-refractivity contribution in [2.75, 3.05) is 52.5 Å². The second-order valence-corrected chi connectivity index (χ2v) is 6.89. The quantitative estimate of drug-likeness (QED) is 0.832. The summed E-state index contributed by atoms with van der Waals surface area (Å²) in [5.41, 5.74) is 0.476. The summed E-state index contributed by atoms with van der Waals surface area (Å²) in [7, 11) is 0. The van der Waals surface area contributed by atoms with Gasteiger partial charge in [0, 0.05) is 26.2 Å². The summed E-state index contributed by atoms with van der Waals surface area (Å²) < 4.78 is 5.34. The molecule has 2 fully saturated rings. The first kappa shape index (κ1) is 15.2. The lowest BCUT2D eigenvalue weighted by Crippen LogP contribution is -2.44. The zero-order valence-corrected chi connectivity index (χ0v) is 12.6. The highest BCUT2D eigenvalue weighted by molar-refractivity contribution is 4.78. The van der Waals surface area contributed by atoms with E-state index in [4.69, 9.17) is 4.74 Å². The predicted octanol–water partition coefficient (Wildman–Crippen LogP) is 1.19. The SMILES string of the molecule is CC1(C)CCCN(CC(O)CN2CCOCC2)CC1. The van der Waals surface area contributed by atoms with Crippen molar-refractivity contribution < 1.29 is 9.84 Å². The van der Waals surface area contributed by atoms with Crippen LogP contribution in [0, 0.1) is 5.41 Å². The van der Waals surface area contributed by atoms with Crippen molar-refractivity contribution in [1.82, 2.24) is 9.80 Å². The van der Waals surface area contributed by atoms with Crippen LogP contribution in [0.25, 0.3) is 0 Å². The number of ether oxygens (including phenoxy) is 1. The Morgan fingerprint density at radius 1 is 1.00 bits per heavy atom. The Labute approximate surface area is 117 Å². The van der Waals surface area contributed by atoms with E-state index in [1.807, 2.05) is 0 Å². The third-order valence-corrected chi connectivity index (χ3v) is 4.47. The molecule has 2 aliphatic rings. The van der Waals surface area contributed by atoms with Gasteiger partial charge in [0.2, 0.25) is 0 Å². The molecule has 0 radical (unpaired) electrons. The van der Waals surface area contributed by atoms with E-state index in [9.17, 15) is 5.11 Å². The fourth-order valence-corrected chi connectivity index (χ4v) is 3.10. The summed E-state index contributed by atoms with van der Waals surface area (Å²) in [6.07, 6.45) is 3.59. The van der Waals surface area contributed by atoms with Crippen LogP contribution in [0.5, 0.6) is 0 Å². The molecular weight excluding hydrogens is 240 g/mol. The molecule has 1 N–H and O–H groups in total. The molecule has 0 saturated carbocycles. The molecule has 0 aromatic carbocycles. The molecule has 0 aromatic rings. The average molecular weight is 270 g/mol. The third kappa shape index (κ3) is 5.38. The summed E-state index contributed by atoms with van der Waals surface area (Å²) >= 11 is 0. The second-order valence-electron chi connectivity index (χ2n) is 6.89. The van der Waals surface area contributed by atoms with Crippen molar-refractivity contribution in [3.05, 3.63) is 0 Å². The van der Waals surface area contributed by atoms with Crippen LogP contribution in [-0.2, 0) is 4.74 Å². The van der Waals surface area contributed by atoms with Crippen LogP contribution in [0.15, 0.2) is 0 Å². The Hall–Kier alpha value is -0.160. The zero-order valence-electron chi connectivity index (χ0n) is 12.6. The van der Waals surface area contributed by atoms with Crippen LogP contribution in [0.4, 0.5) is 0 Å². The van der Waals surface area contributed by atoms with Crippen molar-refractivity contribution in [2.24, 2.45) is 5.41 Å². The van der Waals surface area contributed by atoms with Crippen LogP contribution in [-0.4, -0.2) is 73.5 Å². The molecule has 0 aliphatic carbocycles. The lowest BCUT2D eigenvalue weighted by Gasteiger charge is -2.31. The largest absolute Gasteiger partial charge is 0.390 e. The summed E-state index contributed by atoms with van der Waals surface area (Å²) in [6, 6.07) is 0. The number of β-amino-alcohol motifs (C(OH)–C–C–N with tert-alkyl or cyclic N) is 1. The fraction of sp³-hybridized carbons (Fsp3) is 1.00. The van der Waals surface area contributed by atoms with E-state index in [-0.39, 0.29) is 6.10 Å². The molecule has 1 atom stereocenters. The first-order valence-corrected chi connectivity index (χ1v) is 7.76. The first-order valence-electron chi connectivity index (χ1n) is 7.76. The number of rotatable bonds is 4. The Morgan fingerprint density at radius 3 is 2.32 bits per heavy atom. The second kappa shape index (κ2) is 7.02. The highest BCUT2D eigenvalue weighted by Gasteiger charge is 2.24. The van der Waals surface area contributed by atoms with Gasteiger partial charge in [0.05, 0.1) is 19.3 Å². The van der Waals surface area contributed by atoms with Gasteiger partial charge in [-0.25, -0.2) is 0 Å². The van der Waals surface area contributed by atoms with E-state index in [2.05, 4.69) is 23.6 Å².